The quantitative estimate of drug-likeness (QED) is 0.679. The summed E-state index contributed by atoms with van der Waals surface area (Å²) in [5.41, 5.74) is 2.66. The minimum atomic E-state index is -0.00969. The number of nitrogens with zero attached hydrogens (tertiary/aromatic N) is 4. The number of aromatic nitrogens is 2. The third-order valence-electron chi connectivity index (χ3n) is 4.85. The summed E-state index contributed by atoms with van der Waals surface area (Å²) in [4.78, 5) is 25.1. The van der Waals surface area contributed by atoms with E-state index in [-0.39, 0.29) is 12.5 Å². The number of rotatable bonds is 5. The van der Waals surface area contributed by atoms with E-state index in [0.717, 1.165) is 35.6 Å². The lowest BCUT2D eigenvalue weighted by Crippen LogP contribution is -2.50. The first-order valence-electron chi connectivity index (χ1n) is 9.23. The van der Waals surface area contributed by atoms with Gasteiger partial charge in [0.1, 0.15) is 11.5 Å². The van der Waals surface area contributed by atoms with Crippen molar-refractivity contribution in [2.75, 3.05) is 44.8 Å². The molecule has 0 radical (unpaired) electrons. The molecule has 144 valence electrons. The maximum Gasteiger partial charge on any atom is 0.260 e. The van der Waals surface area contributed by atoms with Crippen LogP contribution in [0.3, 0.4) is 0 Å². The van der Waals surface area contributed by atoms with Crippen LogP contribution >= 0.6 is 0 Å². The number of carbonyl (C=O) groups is 1. The van der Waals surface area contributed by atoms with Gasteiger partial charge in [0.05, 0.1) is 18.1 Å². The summed E-state index contributed by atoms with van der Waals surface area (Å²) in [6.07, 6.45) is 3.29. The molecule has 7 nitrogen and oxygen atoms in total. The number of hydrogen-bond donors (Lipinski definition) is 0. The Hall–Kier alpha value is -3.35. The highest BCUT2D eigenvalue weighted by Gasteiger charge is 2.22. The van der Waals surface area contributed by atoms with E-state index >= 15 is 0 Å². The Labute approximate surface area is 163 Å². The maximum atomic E-state index is 12.5. The Bertz CT molecular complexity index is 971. The van der Waals surface area contributed by atoms with Crippen molar-refractivity contribution >= 4 is 22.6 Å². The molecule has 7 heteroatoms. The first-order valence-corrected chi connectivity index (χ1v) is 9.23. The number of fused-ring (bicyclic) bond motifs is 1. The summed E-state index contributed by atoms with van der Waals surface area (Å²) in [5, 5.41) is 0. The maximum absolute atomic E-state index is 12.5. The Kier molecular flexibility index (Phi) is 5.23. The minimum absolute atomic E-state index is 0.00969. The molecule has 0 atom stereocenters. The van der Waals surface area contributed by atoms with E-state index in [2.05, 4.69) is 20.9 Å². The van der Waals surface area contributed by atoms with Crippen molar-refractivity contribution in [3.8, 4) is 11.5 Å². The number of benzene rings is 2. The second kappa shape index (κ2) is 8.12. The highest BCUT2D eigenvalue weighted by atomic mass is 16.5. The van der Waals surface area contributed by atoms with Gasteiger partial charge in [0.25, 0.3) is 5.91 Å². The Morgan fingerprint density at radius 2 is 1.75 bits per heavy atom. The molecule has 1 saturated heterocycles. The van der Waals surface area contributed by atoms with E-state index in [9.17, 15) is 4.79 Å². The summed E-state index contributed by atoms with van der Waals surface area (Å²) in [6, 6.07) is 13.4. The molecule has 0 N–H and O–H groups in total. The van der Waals surface area contributed by atoms with Crippen molar-refractivity contribution in [3.63, 3.8) is 0 Å². The van der Waals surface area contributed by atoms with Crippen molar-refractivity contribution in [2.45, 2.75) is 0 Å². The van der Waals surface area contributed by atoms with Crippen LogP contribution in [0.2, 0.25) is 0 Å². The first-order chi connectivity index (χ1) is 13.7. The topological polar surface area (TPSA) is 67.8 Å². The molecule has 1 fully saturated rings. The second-order valence-corrected chi connectivity index (χ2v) is 6.56. The SMILES string of the molecule is COc1cccc(N2CCN(C(=O)COc3ccc4nccnc4c3)CC2)c1. The standard InChI is InChI=1S/C21H22N4O3/c1-27-17-4-2-3-16(13-17)24-9-11-25(12-10-24)21(26)15-28-18-5-6-19-20(14-18)23-8-7-22-19/h2-8,13-14H,9-12,15H2,1H3. The fourth-order valence-corrected chi connectivity index (χ4v) is 3.29. The number of amides is 1. The number of ether oxygens (including phenoxy) is 2. The van der Waals surface area contributed by atoms with Crippen LogP contribution in [-0.4, -0.2) is 60.7 Å². The van der Waals surface area contributed by atoms with Gasteiger partial charge >= 0.3 is 0 Å². The first kappa shape index (κ1) is 18.0. The van der Waals surface area contributed by atoms with Crippen molar-refractivity contribution in [2.24, 2.45) is 0 Å². The third kappa shape index (κ3) is 3.98. The van der Waals surface area contributed by atoms with E-state index in [4.69, 9.17) is 9.47 Å². The van der Waals surface area contributed by atoms with E-state index in [1.54, 1.807) is 25.6 Å². The third-order valence-corrected chi connectivity index (χ3v) is 4.85. The highest BCUT2D eigenvalue weighted by Crippen LogP contribution is 2.22. The molecule has 28 heavy (non-hydrogen) atoms. The van der Waals surface area contributed by atoms with Gasteiger partial charge in [0, 0.05) is 56.4 Å². The molecule has 0 saturated carbocycles. The molecule has 0 aliphatic carbocycles. The fourth-order valence-electron chi connectivity index (χ4n) is 3.29. The highest BCUT2D eigenvalue weighted by molar-refractivity contribution is 5.79. The molecular formula is C21H22N4O3. The van der Waals surface area contributed by atoms with Gasteiger partial charge < -0.3 is 19.3 Å². The summed E-state index contributed by atoms with van der Waals surface area (Å²) in [7, 11) is 1.66. The van der Waals surface area contributed by atoms with E-state index in [1.807, 2.05) is 35.2 Å². The average Bonchev–Trinajstić information content (AvgIpc) is 2.77. The van der Waals surface area contributed by atoms with E-state index in [0.29, 0.717) is 18.8 Å². The van der Waals surface area contributed by atoms with Gasteiger partial charge in [-0.25, -0.2) is 0 Å². The summed E-state index contributed by atoms with van der Waals surface area (Å²) < 4.78 is 11.0. The lowest BCUT2D eigenvalue weighted by molar-refractivity contribution is -0.133. The predicted molar refractivity (Wildman–Crippen MR) is 107 cm³/mol. The van der Waals surface area contributed by atoms with Crippen molar-refractivity contribution in [1.29, 1.82) is 0 Å². The zero-order valence-corrected chi connectivity index (χ0v) is 15.7. The molecule has 1 amide bonds. The molecule has 1 aromatic heterocycles. The van der Waals surface area contributed by atoms with Crippen LogP contribution in [0.5, 0.6) is 11.5 Å². The molecule has 4 rings (SSSR count). The van der Waals surface area contributed by atoms with Crippen LogP contribution in [-0.2, 0) is 4.79 Å². The van der Waals surface area contributed by atoms with Gasteiger partial charge in [-0.05, 0) is 24.3 Å². The van der Waals surface area contributed by atoms with Crippen molar-refractivity contribution < 1.29 is 14.3 Å². The van der Waals surface area contributed by atoms with Crippen molar-refractivity contribution in [1.82, 2.24) is 14.9 Å². The van der Waals surface area contributed by atoms with Crippen LogP contribution in [0.15, 0.2) is 54.9 Å². The molecule has 1 aliphatic rings. The summed E-state index contributed by atoms with van der Waals surface area (Å²) in [5.74, 6) is 1.45. The summed E-state index contributed by atoms with van der Waals surface area (Å²) >= 11 is 0. The molecule has 2 heterocycles. The average molecular weight is 378 g/mol. The van der Waals surface area contributed by atoms with Gasteiger partial charge in [-0.3, -0.25) is 14.8 Å². The molecule has 1 aliphatic heterocycles. The lowest BCUT2D eigenvalue weighted by Gasteiger charge is -2.36. The number of hydrogen-bond acceptors (Lipinski definition) is 6. The molecule has 0 unspecified atom stereocenters. The van der Waals surface area contributed by atoms with E-state index < -0.39 is 0 Å². The molecule has 0 spiro atoms. The number of carbonyl (C=O) groups excluding carboxylic acids is 1. The number of anilines is 1. The Morgan fingerprint density at radius 3 is 2.54 bits per heavy atom. The molecular weight excluding hydrogens is 356 g/mol. The number of methoxy groups -OCH3 is 1. The largest absolute Gasteiger partial charge is 0.497 e. The van der Waals surface area contributed by atoms with Crippen LogP contribution < -0.4 is 14.4 Å². The van der Waals surface area contributed by atoms with Gasteiger partial charge in [0.2, 0.25) is 0 Å². The van der Waals surface area contributed by atoms with Gasteiger partial charge in [-0.2, -0.15) is 0 Å². The Balaban J connectivity index is 1.31. The predicted octanol–water partition coefficient (Wildman–Crippen LogP) is 2.37. The monoisotopic (exact) mass is 378 g/mol. The van der Waals surface area contributed by atoms with Crippen LogP contribution in [0.1, 0.15) is 0 Å². The molecule has 0 bridgehead atoms. The molecule has 2 aromatic carbocycles. The Morgan fingerprint density at radius 1 is 0.964 bits per heavy atom. The zero-order valence-electron chi connectivity index (χ0n) is 15.7. The zero-order chi connectivity index (χ0) is 19.3. The second-order valence-electron chi connectivity index (χ2n) is 6.56. The smallest absolute Gasteiger partial charge is 0.260 e. The normalized spacial score (nSPS) is 14.2. The van der Waals surface area contributed by atoms with Gasteiger partial charge in [0.15, 0.2) is 6.61 Å². The van der Waals surface area contributed by atoms with Gasteiger partial charge in [-0.1, -0.05) is 6.07 Å². The van der Waals surface area contributed by atoms with Gasteiger partial charge in [-0.15, -0.1) is 0 Å². The fraction of sp³-hybridized carbons (Fsp3) is 0.286. The van der Waals surface area contributed by atoms with E-state index in [1.165, 1.54) is 0 Å². The van der Waals surface area contributed by atoms with Crippen LogP contribution in [0.25, 0.3) is 11.0 Å². The molecule has 3 aromatic rings. The number of piperazine rings is 1. The van der Waals surface area contributed by atoms with Crippen molar-refractivity contribution in [3.05, 3.63) is 54.9 Å². The van der Waals surface area contributed by atoms with Crippen LogP contribution in [0.4, 0.5) is 5.69 Å². The van der Waals surface area contributed by atoms with Crippen LogP contribution in [0, 0.1) is 0 Å². The minimum Gasteiger partial charge on any atom is -0.497 e. The summed E-state index contributed by atoms with van der Waals surface area (Å²) in [6.45, 7) is 2.92. The lowest BCUT2D eigenvalue weighted by atomic mass is 10.2.